The Morgan fingerprint density at radius 1 is 0.426 bits per heavy atom. The van der Waals surface area contributed by atoms with E-state index < -0.39 is 0 Å². The van der Waals surface area contributed by atoms with Crippen LogP contribution in [-0.2, 0) is 0 Å². The predicted molar refractivity (Wildman–Crippen MR) is 224 cm³/mol. The molecule has 3 nitrogen and oxygen atoms in total. The Kier molecular flexibility index (Phi) is 6.03. The number of aromatic nitrogens is 3. The summed E-state index contributed by atoms with van der Waals surface area (Å²) in [5.74, 6) is 0.489. The van der Waals surface area contributed by atoms with E-state index in [1.165, 1.54) is 99.5 Å². The van der Waals surface area contributed by atoms with Gasteiger partial charge in [-0.05, 0) is 87.0 Å². The molecule has 2 unspecified atom stereocenters. The summed E-state index contributed by atoms with van der Waals surface area (Å²) in [5, 5.41) is 5.26. The monoisotopic (exact) mass is 689 g/mol. The normalized spacial score (nSPS) is 15.6. The lowest BCUT2D eigenvalue weighted by Gasteiger charge is -2.29. The largest absolute Gasteiger partial charge is 0.309 e. The van der Waals surface area contributed by atoms with E-state index >= 15 is 0 Å². The van der Waals surface area contributed by atoms with Crippen LogP contribution in [-0.4, -0.2) is 14.1 Å². The highest BCUT2D eigenvalue weighted by Crippen LogP contribution is 2.49. The van der Waals surface area contributed by atoms with Crippen molar-refractivity contribution < 1.29 is 0 Å². The number of rotatable bonds is 3. The summed E-state index contributed by atoms with van der Waals surface area (Å²) in [6.07, 6.45) is 1.98. The number of para-hydroxylation sites is 4. The van der Waals surface area contributed by atoms with Crippen LogP contribution in [0.5, 0.6) is 0 Å². The molecule has 0 spiro atoms. The van der Waals surface area contributed by atoms with Crippen LogP contribution >= 0.6 is 0 Å². The number of nitrogens with zero attached hydrogens (tertiary/aromatic N) is 3. The van der Waals surface area contributed by atoms with E-state index in [2.05, 4.69) is 181 Å². The highest BCUT2D eigenvalue weighted by Gasteiger charge is 2.31. The van der Waals surface area contributed by atoms with Gasteiger partial charge in [-0.2, -0.15) is 0 Å². The van der Waals surface area contributed by atoms with Crippen LogP contribution in [0.1, 0.15) is 47.9 Å². The van der Waals surface area contributed by atoms with Gasteiger partial charge in [-0.25, -0.2) is 0 Å². The quantitative estimate of drug-likeness (QED) is 0.181. The van der Waals surface area contributed by atoms with Crippen LogP contribution in [0.25, 0.3) is 88.5 Å². The second kappa shape index (κ2) is 10.9. The number of hydrogen-bond acceptors (Lipinski definition) is 1. The number of benzene rings is 7. The molecule has 54 heavy (non-hydrogen) atoms. The van der Waals surface area contributed by atoms with E-state index in [0.29, 0.717) is 0 Å². The standard InChI is InChI=1S/C51H35N3/c1-30-35-16-8-20-41-39-14-3-5-22-44(39)53(50(35)41)46-24-10-18-37(48(30)46)32-12-7-13-34(28-32)43-29-33(26-27-52-43)38-19-11-25-47-49(38)31(2)36-17-9-21-42-40-15-4-6-23-45(40)54(47)51(36)42/h3-31H,1-2H3. The molecular formula is C51H35N3. The lowest BCUT2D eigenvalue weighted by molar-refractivity contribution is 0.883. The second-order valence-electron chi connectivity index (χ2n) is 15.1. The van der Waals surface area contributed by atoms with E-state index in [9.17, 15) is 0 Å². The first kappa shape index (κ1) is 29.8. The third-order valence-corrected chi connectivity index (χ3v) is 12.4. The summed E-state index contributed by atoms with van der Waals surface area (Å²) >= 11 is 0. The molecule has 0 saturated heterocycles. The van der Waals surface area contributed by atoms with Crippen molar-refractivity contribution in [2.24, 2.45) is 0 Å². The van der Waals surface area contributed by atoms with Gasteiger partial charge in [-0.15, -0.1) is 0 Å². The summed E-state index contributed by atoms with van der Waals surface area (Å²) in [6, 6.07) is 58.3. The predicted octanol–water partition coefficient (Wildman–Crippen LogP) is 13.2. The highest BCUT2D eigenvalue weighted by atomic mass is 15.0. The van der Waals surface area contributed by atoms with Crippen LogP contribution in [0.2, 0.25) is 0 Å². The Hall–Kier alpha value is -6.71. The summed E-state index contributed by atoms with van der Waals surface area (Å²) < 4.78 is 4.99. The van der Waals surface area contributed by atoms with Crippen LogP contribution in [0, 0.1) is 0 Å². The molecule has 254 valence electrons. The van der Waals surface area contributed by atoms with Gasteiger partial charge in [0.1, 0.15) is 0 Å². The van der Waals surface area contributed by atoms with Gasteiger partial charge in [0, 0.05) is 45.1 Å². The van der Waals surface area contributed by atoms with Gasteiger partial charge in [0.05, 0.1) is 39.1 Å². The van der Waals surface area contributed by atoms with Crippen molar-refractivity contribution in [3.8, 4) is 44.9 Å². The molecule has 5 heterocycles. The fourth-order valence-corrected chi connectivity index (χ4v) is 10.1. The zero-order chi connectivity index (χ0) is 35.7. The van der Waals surface area contributed by atoms with Gasteiger partial charge in [-0.1, -0.05) is 129 Å². The summed E-state index contributed by atoms with van der Waals surface area (Å²) in [5.41, 5.74) is 20.2. The zero-order valence-corrected chi connectivity index (χ0v) is 30.1. The zero-order valence-electron chi connectivity index (χ0n) is 30.1. The maximum absolute atomic E-state index is 4.98. The first-order chi connectivity index (χ1) is 26.7. The first-order valence-corrected chi connectivity index (χ1v) is 19.0. The Morgan fingerprint density at radius 2 is 0.907 bits per heavy atom. The van der Waals surface area contributed by atoms with Crippen molar-refractivity contribution in [1.29, 1.82) is 0 Å². The molecule has 12 rings (SSSR count). The van der Waals surface area contributed by atoms with E-state index in [1.807, 2.05) is 6.20 Å². The smallest absolute Gasteiger partial charge is 0.0708 e. The summed E-state index contributed by atoms with van der Waals surface area (Å²) in [4.78, 5) is 4.98. The molecule has 0 N–H and O–H groups in total. The summed E-state index contributed by atoms with van der Waals surface area (Å²) in [6.45, 7) is 4.74. The summed E-state index contributed by atoms with van der Waals surface area (Å²) in [7, 11) is 0. The van der Waals surface area contributed by atoms with Gasteiger partial charge in [0.15, 0.2) is 0 Å². The van der Waals surface area contributed by atoms with Crippen molar-refractivity contribution >= 4 is 43.6 Å². The molecule has 2 atom stereocenters. The molecule has 2 aliphatic rings. The Morgan fingerprint density at radius 3 is 1.50 bits per heavy atom. The van der Waals surface area contributed by atoms with E-state index in [4.69, 9.17) is 4.98 Å². The van der Waals surface area contributed by atoms with Crippen molar-refractivity contribution in [2.75, 3.05) is 0 Å². The highest BCUT2D eigenvalue weighted by molar-refractivity contribution is 6.12. The Bertz CT molecular complexity index is 2990. The molecule has 0 radical (unpaired) electrons. The van der Waals surface area contributed by atoms with E-state index in [0.717, 1.165) is 11.3 Å². The fourth-order valence-electron chi connectivity index (χ4n) is 10.1. The average molecular weight is 690 g/mol. The molecule has 0 saturated carbocycles. The van der Waals surface area contributed by atoms with E-state index in [-0.39, 0.29) is 11.8 Å². The van der Waals surface area contributed by atoms with Gasteiger partial charge < -0.3 is 9.13 Å². The SMILES string of the molecule is CC1c2c(-c3cccc(-c4cc(-c5cccc6c5C(C)c5cccc7c8ccccc8n-6c57)ccn4)c3)cccc2-n2c3ccccc3c3cccc1c32. The number of fused-ring (bicyclic) bond motifs is 10. The molecule has 0 bridgehead atoms. The minimum absolute atomic E-state index is 0.242. The van der Waals surface area contributed by atoms with Crippen molar-refractivity contribution in [3.63, 3.8) is 0 Å². The molecule has 10 aromatic rings. The maximum Gasteiger partial charge on any atom is 0.0708 e. The van der Waals surface area contributed by atoms with Gasteiger partial charge in [0.25, 0.3) is 0 Å². The average Bonchev–Trinajstić information content (AvgIpc) is 3.76. The molecule has 3 heteroatoms. The van der Waals surface area contributed by atoms with Gasteiger partial charge in [0.2, 0.25) is 0 Å². The van der Waals surface area contributed by atoms with Crippen molar-refractivity contribution in [2.45, 2.75) is 25.7 Å². The Balaban J connectivity index is 0.996. The fraction of sp³-hybridized carbons (Fsp3) is 0.0784. The van der Waals surface area contributed by atoms with Crippen LogP contribution < -0.4 is 0 Å². The minimum Gasteiger partial charge on any atom is -0.309 e. The van der Waals surface area contributed by atoms with Crippen LogP contribution in [0.15, 0.2) is 164 Å². The van der Waals surface area contributed by atoms with Crippen molar-refractivity contribution in [1.82, 2.24) is 14.1 Å². The molecule has 0 aliphatic carbocycles. The third kappa shape index (κ3) is 3.88. The molecular weight excluding hydrogens is 655 g/mol. The molecule has 7 aromatic carbocycles. The molecule has 0 amide bonds. The lowest BCUT2D eigenvalue weighted by Crippen LogP contribution is -2.13. The second-order valence-corrected chi connectivity index (χ2v) is 15.1. The topological polar surface area (TPSA) is 22.8 Å². The Labute approximate surface area is 313 Å². The molecule has 0 fully saturated rings. The molecule has 2 aliphatic heterocycles. The minimum atomic E-state index is 0.242. The maximum atomic E-state index is 4.98. The third-order valence-electron chi connectivity index (χ3n) is 12.4. The van der Waals surface area contributed by atoms with Crippen LogP contribution in [0.3, 0.4) is 0 Å². The number of pyridine rings is 1. The van der Waals surface area contributed by atoms with E-state index in [1.54, 1.807) is 0 Å². The van der Waals surface area contributed by atoms with Crippen LogP contribution in [0.4, 0.5) is 0 Å². The van der Waals surface area contributed by atoms with Crippen molar-refractivity contribution in [3.05, 3.63) is 186 Å². The lowest BCUT2D eigenvalue weighted by atomic mass is 9.82. The van der Waals surface area contributed by atoms with Gasteiger partial charge >= 0.3 is 0 Å². The first-order valence-electron chi connectivity index (χ1n) is 19.0. The number of hydrogen-bond donors (Lipinski definition) is 0. The molecule has 3 aromatic heterocycles. The van der Waals surface area contributed by atoms with Gasteiger partial charge in [-0.3, -0.25) is 4.98 Å².